The van der Waals surface area contributed by atoms with Crippen molar-refractivity contribution in [3.63, 3.8) is 0 Å². The first-order valence-electron chi connectivity index (χ1n) is 5.67. The Morgan fingerprint density at radius 2 is 2.29 bits per heavy atom. The molecule has 0 radical (unpaired) electrons. The monoisotopic (exact) mass is 251 g/mol. The Morgan fingerprint density at radius 3 is 2.88 bits per heavy atom. The van der Waals surface area contributed by atoms with Crippen LogP contribution in [0.3, 0.4) is 0 Å². The molecule has 0 spiro atoms. The zero-order valence-corrected chi connectivity index (χ0v) is 11.1. The summed E-state index contributed by atoms with van der Waals surface area (Å²) in [4.78, 5) is 0. The molecule has 0 aliphatic rings. The van der Waals surface area contributed by atoms with E-state index in [0.29, 0.717) is 0 Å². The lowest BCUT2D eigenvalue weighted by atomic mass is 10.0. The van der Waals surface area contributed by atoms with Gasteiger partial charge in [0.05, 0.1) is 7.11 Å². The van der Waals surface area contributed by atoms with E-state index in [4.69, 9.17) is 22.8 Å². The molecule has 1 rings (SSSR count). The highest BCUT2D eigenvalue weighted by Gasteiger charge is 2.14. The third kappa shape index (κ3) is 3.96. The van der Waals surface area contributed by atoms with Gasteiger partial charge in [-0.3, -0.25) is 0 Å². The van der Waals surface area contributed by atoms with Crippen molar-refractivity contribution in [2.24, 2.45) is 0 Å². The first-order valence-corrected chi connectivity index (χ1v) is 6.05. The predicted molar refractivity (Wildman–Crippen MR) is 72.5 cm³/mol. The number of terminal acetylenes is 1. The maximum atomic E-state index is 6.02. The summed E-state index contributed by atoms with van der Waals surface area (Å²) in [6.45, 7) is 0. The molecule has 2 nitrogen and oxygen atoms in total. The topological polar surface area (TPSA) is 21.3 Å². The Morgan fingerprint density at radius 1 is 1.53 bits per heavy atom. The predicted octanol–water partition coefficient (Wildman–Crippen LogP) is 3.41. The fourth-order valence-electron chi connectivity index (χ4n) is 1.84. The van der Waals surface area contributed by atoms with E-state index in [2.05, 4.69) is 11.2 Å². The number of hydrogen-bond donors (Lipinski definition) is 1. The van der Waals surface area contributed by atoms with E-state index in [0.717, 1.165) is 35.6 Å². The van der Waals surface area contributed by atoms with E-state index in [1.807, 2.05) is 25.2 Å². The van der Waals surface area contributed by atoms with Crippen LogP contribution in [-0.2, 0) is 0 Å². The number of unbranched alkanes of at least 4 members (excludes halogenated alkanes) is 1. The van der Waals surface area contributed by atoms with E-state index >= 15 is 0 Å². The molecule has 0 aliphatic carbocycles. The Bertz CT molecular complexity index is 398. The van der Waals surface area contributed by atoms with E-state index in [9.17, 15) is 0 Å². The summed E-state index contributed by atoms with van der Waals surface area (Å²) in [5.74, 6) is 3.51. The van der Waals surface area contributed by atoms with Crippen molar-refractivity contribution >= 4 is 11.6 Å². The van der Waals surface area contributed by atoms with Gasteiger partial charge in [-0.05, 0) is 38.1 Å². The van der Waals surface area contributed by atoms with Gasteiger partial charge >= 0.3 is 0 Å². The number of rotatable bonds is 6. The zero-order chi connectivity index (χ0) is 12.7. The Kier molecular flexibility index (Phi) is 5.90. The summed E-state index contributed by atoms with van der Waals surface area (Å²) in [7, 11) is 3.60. The normalized spacial score (nSPS) is 11.9. The SMILES string of the molecule is C#CCCCC(NC)c1cc(Cl)ccc1OC. The van der Waals surface area contributed by atoms with Gasteiger partial charge in [0.2, 0.25) is 0 Å². The largest absolute Gasteiger partial charge is 0.496 e. The molecule has 0 saturated heterocycles. The molecule has 0 fully saturated rings. The molecule has 1 atom stereocenters. The molecule has 1 unspecified atom stereocenters. The third-order valence-electron chi connectivity index (χ3n) is 2.73. The molecule has 0 aliphatic heterocycles. The number of halogens is 1. The molecule has 1 aromatic carbocycles. The zero-order valence-electron chi connectivity index (χ0n) is 10.3. The van der Waals surface area contributed by atoms with Gasteiger partial charge in [-0.2, -0.15) is 0 Å². The molecule has 3 heteroatoms. The highest BCUT2D eigenvalue weighted by molar-refractivity contribution is 6.30. The van der Waals surface area contributed by atoms with Crippen LogP contribution in [0.25, 0.3) is 0 Å². The van der Waals surface area contributed by atoms with Gasteiger partial charge < -0.3 is 10.1 Å². The molecule has 0 amide bonds. The minimum absolute atomic E-state index is 0.219. The van der Waals surface area contributed by atoms with Gasteiger partial charge in [0.25, 0.3) is 0 Å². The van der Waals surface area contributed by atoms with Crippen LogP contribution < -0.4 is 10.1 Å². The minimum Gasteiger partial charge on any atom is -0.496 e. The lowest BCUT2D eigenvalue weighted by Gasteiger charge is -2.19. The number of nitrogens with one attached hydrogen (secondary N) is 1. The molecule has 1 aromatic rings. The smallest absolute Gasteiger partial charge is 0.123 e. The standard InChI is InChI=1S/C14H18ClNO/c1-4-5-6-7-13(16-2)12-10-11(15)8-9-14(12)17-3/h1,8-10,13,16H,5-7H2,2-3H3. The lowest BCUT2D eigenvalue weighted by molar-refractivity contribution is 0.398. The van der Waals surface area contributed by atoms with Gasteiger partial charge in [0, 0.05) is 23.0 Å². The van der Waals surface area contributed by atoms with Crippen LogP contribution in [0.5, 0.6) is 5.75 Å². The molecule has 0 heterocycles. The molecular weight excluding hydrogens is 234 g/mol. The molecule has 0 aromatic heterocycles. The molecular formula is C14H18ClNO. The average Bonchev–Trinajstić information content (AvgIpc) is 2.35. The Balaban J connectivity index is 2.86. The summed E-state index contributed by atoms with van der Waals surface area (Å²) in [5.41, 5.74) is 1.08. The maximum Gasteiger partial charge on any atom is 0.123 e. The minimum atomic E-state index is 0.219. The third-order valence-corrected chi connectivity index (χ3v) is 2.96. The number of hydrogen-bond acceptors (Lipinski definition) is 2. The fourth-order valence-corrected chi connectivity index (χ4v) is 2.02. The van der Waals surface area contributed by atoms with Crippen molar-refractivity contribution in [2.45, 2.75) is 25.3 Å². The van der Waals surface area contributed by atoms with Crippen molar-refractivity contribution < 1.29 is 4.74 Å². The van der Waals surface area contributed by atoms with Gasteiger partial charge in [-0.15, -0.1) is 12.3 Å². The van der Waals surface area contributed by atoms with Crippen molar-refractivity contribution in [3.8, 4) is 18.1 Å². The molecule has 0 bridgehead atoms. The average molecular weight is 252 g/mol. The van der Waals surface area contributed by atoms with Crippen LogP contribution in [0.2, 0.25) is 5.02 Å². The molecule has 1 N–H and O–H groups in total. The summed E-state index contributed by atoms with van der Waals surface area (Å²) >= 11 is 6.02. The molecule has 0 saturated carbocycles. The van der Waals surface area contributed by atoms with Crippen molar-refractivity contribution in [1.82, 2.24) is 5.32 Å². The van der Waals surface area contributed by atoms with Crippen LogP contribution in [0.1, 0.15) is 30.9 Å². The van der Waals surface area contributed by atoms with E-state index in [1.165, 1.54) is 0 Å². The highest BCUT2D eigenvalue weighted by atomic mass is 35.5. The number of ether oxygens (including phenoxy) is 1. The number of methoxy groups -OCH3 is 1. The van der Waals surface area contributed by atoms with Crippen LogP contribution in [0.4, 0.5) is 0 Å². The van der Waals surface area contributed by atoms with Crippen LogP contribution in [0.15, 0.2) is 18.2 Å². The van der Waals surface area contributed by atoms with Gasteiger partial charge in [0.1, 0.15) is 5.75 Å². The second-order valence-corrected chi connectivity index (χ2v) is 4.26. The first-order chi connectivity index (χ1) is 8.22. The van der Waals surface area contributed by atoms with Gasteiger partial charge in [-0.1, -0.05) is 11.6 Å². The van der Waals surface area contributed by atoms with Crippen LogP contribution in [0, 0.1) is 12.3 Å². The van der Waals surface area contributed by atoms with Crippen molar-refractivity contribution in [2.75, 3.05) is 14.2 Å². The maximum absolute atomic E-state index is 6.02. The van der Waals surface area contributed by atoms with Gasteiger partial charge in [-0.25, -0.2) is 0 Å². The van der Waals surface area contributed by atoms with E-state index in [-0.39, 0.29) is 6.04 Å². The van der Waals surface area contributed by atoms with Crippen LogP contribution >= 0.6 is 11.6 Å². The Hall–Kier alpha value is -1.17. The second kappa shape index (κ2) is 7.21. The van der Waals surface area contributed by atoms with E-state index in [1.54, 1.807) is 7.11 Å². The first kappa shape index (κ1) is 13.9. The molecule has 92 valence electrons. The summed E-state index contributed by atoms with van der Waals surface area (Å²) in [6.07, 6.45) is 8.01. The van der Waals surface area contributed by atoms with Crippen molar-refractivity contribution in [1.29, 1.82) is 0 Å². The van der Waals surface area contributed by atoms with Crippen molar-refractivity contribution in [3.05, 3.63) is 28.8 Å². The summed E-state index contributed by atoms with van der Waals surface area (Å²) < 4.78 is 5.35. The summed E-state index contributed by atoms with van der Waals surface area (Å²) in [6, 6.07) is 5.88. The van der Waals surface area contributed by atoms with Crippen LogP contribution in [-0.4, -0.2) is 14.2 Å². The second-order valence-electron chi connectivity index (χ2n) is 3.82. The highest BCUT2D eigenvalue weighted by Crippen LogP contribution is 2.30. The lowest BCUT2D eigenvalue weighted by Crippen LogP contribution is -2.17. The molecule has 17 heavy (non-hydrogen) atoms. The summed E-state index contributed by atoms with van der Waals surface area (Å²) in [5, 5.41) is 3.99. The quantitative estimate of drug-likeness (QED) is 0.618. The Labute approximate surface area is 108 Å². The van der Waals surface area contributed by atoms with E-state index < -0.39 is 0 Å². The van der Waals surface area contributed by atoms with Gasteiger partial charge in [0.15, 0.2) is 0 Å². The fraction of sp³-hybridized carbons (Fsp3) is 0.429. The number of benzene rings is 1.